The Bertz CT molecular complexity index is 911. The van der Waals surface area contributed by atoms with Crippen LogP contribution in [0, 0.1) is 13.8 Å². The van der Waals surface area contributed by atoms with Crippen LogP contribution in [-0.4, -0.2) is 6.61 Å². The summed E-state index contributed by atoms with van der Waals surface area (Å²) in [4.78, 5) is 0. The zero-order valence-corrected chi connectivity index (χ0v) is 27.3. The summed E-state index contributed by atoms with van der Waals surface area (Å²) in [5.74, 6) is 0.950. The van der Waals surface area contributed by atoms with Crippen molar-refractivity contribution in [3.05, 3.63) is 53.1 Å². The first-order chi connectivity index (χ1) is 20.1. The maximum atomic E-state index is 6.08. The number of benzene rings is 2. The van der Waals surface area contributed by atoms with Crippen molar-refractivity contribution in [2.75, 3.05) is 6.61 Å². The number of unbranched alkanes of at least 4 members (excludes halogenated alkanes) is 18. The molecule has 230 valence electrons. The standard InChI is InChI=1S/C38H62N2O/c1-5-7-9-11-13-15-17-19-21-23-25-35-26-28-36(29-27-35)39-40-38-33(3)31-37(32-34(38)4)41-30-24-22-20-18-16-14-12-10-8-6-2/h26-29,31-32H,5-25,30H2,1-4H3. The molecule has 0 N–H and O–H groups in total. The number of hydrogen-bond donors (Lipinski definition) is 0. The summed E-state index contributed by atoms with van der Waals surface area (Å²) in [6, 6.07) is 12.8. The van der Waals surface area contributed by atoms with Gasteiger partial charge in [0, 0.05) is 0 Å². The number of nitrogens with zero attached hydrogens (tertiary/aromatic N) is 2. The molecule has 0 spiro atoms. The lowest BCUT2D eigenvalue weighted by Gasteiger charge is -2.10. The van der Waals surface area contributed by atoms with Gasteiger partial charge in [0.2, 0.25) is 0 Å². The molecule has 0 aromatic heterocycles. The van der Waals surface area contributed by atoms with E-state index in [-0.39, 0.29) is 0 Å². The van der Waals surface area contributed by atoms with Crippen molar-refractivity contribution in [3.8, 4) is 5.75 Å². The lowest BCUT2D eigenvalue weighted by Crippen LogP contribution is -1.98. The summed E-state index contributed by atoms with van der Waals surface area (Å²) in [6.45, 7) is 9.56. The third-order valence-corrected chi connectivity index (χ3v) is 8.25. The van der Waals surface area contributed by atoms with Crippen molar-refractivity contribution in [2.24, 2.45) is 10.2 Å². The van der Waals surface area contributed by atoms with Crippen LogP contribution in [-0.2, 0) is 6.42 Å². The zero-order chi connectivity index (χ0) is 29.4. The molecule has 0 bridgehead atoms. The smallest absolute Gasteiger partial charge is 0.119 e. The Morgan fingerprint density at radius 2 is 0.951 bits per heavy atom. The highest BCUT2D eigenvalue weighted by atomic mass is 16.5. The number of aryl methyl sites for hydroxylation is 3. The Labute approximate surface area is 254 Å². The molecule has 3 nitrogen and oxygen atoms in total. The van der Waals surface area contributed by atoms with Crippen molar-refractivity contribution in [1.82, 2.24) is 0 Å². The molecule has 3 heteroatoms. The van der Waals surface area contributed by atoms with Crippen LogP contribution in [0.5, 0.6) is 5.75 Å². The Balaban J connectivity index is 1.63. The van der Waals surface area contributed by atoms with E-state index >= 15 is 0 Å². The number of hydrogen-bond acceptors (Lipinski definition) is 3. The second-order valence-corrected chi connectivity index (χ2v) is 12.2. The first-order valence-corrected chi connectivity index (χ1v) is 17.4. The van der Waals surface area contributed by atoms with E-state index in [1.54, 1.807) is 0 Å². The number of azo groups is 1. The van der Waals surface area contributed by atoms with E-state index in [1.165, 1.54) is 128 Å². The number of rotatable bonds is 25. The van der Waals surface area contributed by atoms with Gasteiger partial charge in [-0.1, -0.05) is 142 Å². The van der Waals surface area contributed by atoms with Gasteiger partial charge in [0.05, 0.1) is 18.0 Å². The second kappa shape index (κ2) is 23.4. The van der Waals surface area contributed by atoms with Crippen molar-refractivity contribution < 1.29 is 4.74 Å². The van der Waals surface area contributed by atoms with Gasteiger partial charge in [-0.05, 0) is 74.1 Å². The highest BCUT2D eigenvalue weighted by Gasteiger charge is 2.06. The molecule has 2 rings (SSSR count). The van der Waals surface area contributed by atoms with E-state index in [1.807, 2.05) is 0 Å². The molecule has 0 fully saturated rings. The van der Waals surface area contributed by atoms with Crippen LogP contribution >= 0.6 is 0 Å². The zero-order valence-electron chi connectivity index (χ0n) is 27.3. The maximum absolute atomic E-state index is 6.08. The van der Waals surface area contributed by atoms with Gasteiger partial charge in [-0.15, -0.1) is 0 Å². The summed E-state index contributed by atoms with van der Waals surface area (Å²) in [7, 11) is 0. The minimum Gasteiger partial charge on any atom is -0.494 e. The van der Waals surface area contributed by atoms with Crippen molar-refractivity contribution in [1.29, 1.82) is 0 Å². The first-order valence-electron chi connectivity index (χ1n) is 17.4. The van der Waals surface area contributed by atoms with Gasteiger partial charge in [0.15, 0.2) is 0 Å². The summed E-state index contributed by atoms with van der Waals surface area (Å²) in [5.41, 5.74) is 5.50. The molecule has 0 radical (unpaired) electrons. The van der Waals surface area contributed by atoms with Gasteiger partial charge in [-0.2, -0.15) is 10.2 Å². The second-order valence-electron chi connectivity index (χ2n) is 12.2. The highest BCUT2D eigenvalue weighted by Crippen LogP contribution is 2.30. The Morgan fingerprint density at radius 3 is 1.44 bits per heavy atom. The van der Waals surface area contributed by atoms with Crippen LogP contribution in [0.25, 0.3) is 0 Å². The van der Waals surface area contributed by atoms with E-state index in [4.69, 9.17) is 4.74 Å². The molecule has 0 aliphatic heterocycles. The molecular formula is C38H62N2O. The maximum Gasteiger partial charge on any atom is 0.119 e. The van der Waals surface area contributed by atoms with Crippen molar-refractivity contribution in [3.63, 3.8) is 0 Å². The molecule has 0 saturated heterocycles. The van der Waals surface area contributed by atoms with Gasteiger partial charge in [0.1, 0.15) is 5.75 Å². The number of ether oxygens (including phenoxy) is 1. The van der Waals surface area contributed by atoms with Gasteiger partial charge in [0.25, 0.3) is 0 Å². The molecule has 0 aliphatic rings. The fraction of sp³-hybridized carbons (Fsp3) is 0.684. The third-order valence-electron chi connectivity index (χ3n) is 8.25. The largest absolute Gasteiger partial charge is 0.494 e. The summed E-state index contributed by atoms with van der Waals surface area (Å²) in [6.07, 6.45) is 28.4. The highest BCUT2D eigenvalue weighted by molar-refractivity contribution is 5.55. The van der Waals surface area contributed by atoms with Gasteiger partial charge in [-0.25, -0.2) is 0 Å². The lowest BCUT2D eigenvalue weighted by molar-refractivity contribution is 0.304. The molecule has 41 heavy (non-hydrogen) atoms. The predicted octanol–water partition coefficient (Wildman–Crippen LogP) is 13.5. The van der Waals surface area contributed by atoms with Crippen LogP contribution < -0.4 is 4.74 Å². The normalized spacial score (nSPS) is 11.5. The average molecular weight is 563 g/mol. The molecule has 2 aromatic carbocycles. The van der Waals surface area contributed by atoms with Crippen LogP contribution in [0.2, 0.25) is 0 Å². The van der Waals surface area contributed by atoms with Gasteiger partial charge >= 0.3 is 0 Å². The monoisotopic (exact) mass is 562 g/mol. The van der Waals surface area contributed by atoms with Gasteiger partial charge in [-0.3, -0.25) is 0 Å². The molecule has 0 amide bonds. The third kappa shape index (κ3) is 16.8. The lowest BCUT2D eigenvalue weighted by atomic mass is 10.0. The first kappa shape index (κ1) is 35.0. The fourth-order valence-electron chi connectivity index (χ4n) is 5.59. The Morgan fingerprint density at radius 1 is 0.512 bits per heavy atom. The molecule has 0 atom stereocenters. The van der Waals surface area contributed by atoms with E-state index in [2.05, 4.69) is 74.3 Å². The van der Waals surface area contributed by atoms with Crippen LogP contribution in [0.15, 0.2) is 46.6 Å². The fourth-order valence-corrected chi connectivity index (χ4v) is 5.59. The predicted molar refractivity (Wildman–Crippen MR) is 179 cm³/mol. The minimum atomic E-state index is 0.793. The Kier molecular flexibility index (Phi) is 20.0. The molecule has 2 aromatic rings. The average Bonchev–Trinajstić information content (AvgIpc) is 2.97. The molecular weight excluding hydrogens is 500 g/mol. The molecule has 0 heterocycles. The minimum absolute atomic E-state index is 0.793. The molecule has 0 unspecified atom stereocenters. The van der Waals surface area contributed by atoms with E-state index < -0.39 is 0 Å². The SMILES string of the molecule is CCCCCCCCCCCCOc1cc(C)c(N=Nc2ccc(CCCCCCCCCCCC)cc2)c(C)c1. The van der Waals surface area contributed by atoms with Crippen LogP contribution in [0.3, 0.4) is 0 Å². The Hall–Kier alpha value is -2.16. The molecule has 0 aliphatic carbocycles. The van der Waals surface area contributed by atoms with E-state index in [9.17, 15) is 0 Å². The summed E-state index contributed by atoms with van der Waals surface area (Å²) < 4.78 is 6.08. The van der Waals surface area contributed by atoms with Crippen molar-refractivity contribution >= 4 is 11.4 Å². The van der Waals surface area contributed by atoms with E-state index in [0.29, 0.717) is 0 Å². The summed E-state index contributed by atoms with van der Waals surface area (Å²) >= 11 is 0. The quantitative estimate of drug-likeness (QED) is 0.0875. The van der Waals surface area contributed by atoms with Crippen LogP contribution in [0.1, 0.15) is 159 Å². The topological polar surface area (TPSA) is 34.0 Å². The van der Waals surface area contributed by atoms with E-state index in [0.717, 1.165) is 47.7 Å². The summed E-state index contributed by atoms with van der Waals surface area (Å²) in [5, 5.41) is 9.15. The van der Waals surface area contributed by atoms with Gasteiger partial charge < -0.3 is 4.74 Å². The van der Waals surface area contributed by atoms with Crippen LogP contribution in [0.4, 0.5) is 11.4 Å². The van der Waals surface area contributed by atoms with Crippen molar-refractivity contribution in [2.45, 2.75) is 163 Å². The molecule has 0 saturated carbocycles.